The van der Waals surface area contributed by atoms with E-state index in [1.165, 1.54) is 38.1 Å². The number of aliphatic carboxylic acids is 2. The van der Waals surface area contributed by atoms with Crippen LogP contribution in [0.25, 0.3) is 0 Å². The molecule has 0 saturated heterocycles. The normalized spacial score (nSPS) is 14.4. The SMILES string of the molecule is CC(NC(=O)C(N)CC(=O)O)C(=O)NC(C)C(=O)NC(Cc1ccc(O)cc1)C(=O)O. The molecule has 12 heteroatoms. The summed E-state index contributed by atoms with van der Waals surface area (Å²) < 4.78 is 0. The lowest BCUT2D eigenvalue weighted by molar-refractivity contribution is -0.142. The van der Waals surface area contributed by atoms with Crippen LogP contribution in [-0.4, -0.2) is 69.1 Å². The Hall–Kier alpha value is -3.67. The number of nitrogens with two attached hydrogens (primary N) is 1. The molecule has 0 aliphatic rings. The molecular weight excluding hydrogens is 412 g/mol. The summed E-state index contributed by atoms with van der Waals surface area (Å²) in [5.74, 6) is -4.90. The van der Waals surface area contributed by atoms with Crippen LogP contribution in [0.3, 0.4) is 0 Å². The van der Waals surface area contributed by atoms with Crippen molar-refractivity contribution in [1.82, 2.24) is 16.0 Å². The predicted octanol–water partition coefficient (Wildman–Crippen LogP) is -1.68. The molecule has 4 unspecified atom stereocenters. The Morgan fingerprint density at radius 3 is 1.84 bits per heavy atom. The van der Waals surface area contributed by atoms with Crippen LogP contribution in [-0.2, 0) is 30.4 Å². The first kappa shape index (κ1) is 25.4. The van der Waals surface area contributed by atoms with Crippen LogP contribution in [0, 0.1) is 0 Å². The number of benzene rings is 1. The summed E-state index contributed by atoms with van der Waals surface area (Å²) in [6.07, 6.45) is -0.660. The van der Waals surface area contributed by atoms with Crippen LogP contribution in [0.2, 0.25) is 0 Å². The van der Waals surface area contributed by atoms with E-state index in [0.717, 1.165) is 0 Å². The number of phenolic OH excluding ortho intramolecular Hbond substituents is 1. The number of nitrogens with one attached hydrogen (secondary N) is 3. The number of carbonyl (C=O) groups is 5. The monoisotopic (exact) mass is 438 g/mol. The van der Waals surface area contributed by atoms with E-state index < -0.39 is 60.2 Å². The van der Waals surface area contributed by atoms with Crippen molar-refractivity contribution >= 4 is 29.7 Å². The molecule has 170 valence electrons. The molecule has 0 bridgehead atoms. The van der Waals surface area contributed by atoms with Gasteiger partial charge in [0.1, 0.15) is 23.9 Å². The van der Waals surface area contributed by atoms with Gasteiger partial charge in [0.15, 0.2) is 0 Å². The molecule has 0 aliphatic carbocycles. The number of hydrogen-bond donors (Lipinski definition) is 7. The molecule has 0 fully saturated rings. The second kappa shape index (κ2) is 11.5. The maximum Gasteiger partial charge on any atom is 0.326 e. The van der Waals surface area contributed by atoms with Crippen molar-refractivity contribution < 1.29 is 39.3 Å². The van der Waals surface area contributed by atoms with E-state index in [1.807, 2.05) is 0 Å². The Morgan fingerprint density at radius 2 is 1.35 bits per heavy atom. The minimum atomic E-state index is -1.34. The molecule has 12 nitrogen and oxygen atoms in total. The summed E-state index contributed by atoms with van der Waals surface area (Å²) in [5, 5.41) is 34.2. The van der Waals surface area contributed by atoms with Crippen LogP contribution >= 0.6 is 0 Å². The molecule has 1 aromatic rings. The highest BCUT2D eigenvalue weighted by atomic mass is 16.4. The molecule has 1 aromatic carbocycles. The van der Waals surface area contributed by atoms with Gasteiger partial charge >= 0.3 is 11.9 Å². The van der Waals surface area contributed by atoms with Crippen molar-refractivity contribution in [1.29, 1.82) is 0 Å². The van der Waals surface area contributed by atoms with Gasteiger partial charge in [-0.2, -0.15) is 0 Å². The van der Waals surface area contributed by atoms with Crippen LogP contribution in [0.15, 0.2) is 24.3 Å². The largest absolute Gasteiger partial charge is 0.508 e. The molecule has 0 aromatic heterocycles. The molecule has 0 spiro atoms. The van der Waals surface area contributed by atoms with Crippen LogP contribution in [0.1, 0.15) is 25.8 Å². The minimum Gasteiger partial charge on any atom is -0.508 e. The summed E-state index contributed by atoms with van der Waals surface area (Å²) >= 11 is 0. The molecule has 3 amide bonds. The Bertz CT molecular complexity index is 827. The Kier molecular flexibility index (Phi) is 9.41. The summed E-state index contributed by atoms with van der Waals surface area (Å²) in [5.41, 5.74) is 5.98. The fraction of sp³-hybridized carbons (Fsp3) is 0.421. The number of hydrogen-bond acceptors (Lipinski definition) is 7. The van der Waals surface area contributed by atoms with Gasteiger partial charge in [-0.25, -0.2) is 4.79 Å². The number of carboxylic acid groups (broad SMARTS) is 2. The molecule has 0 saturated carbocycles. The van der Waals surface area contributed by atoms with Gasteiger partial charge in [-0.1, -0.05) is 12.1 Å². The van der Waals surface area contributed by atoms with E-state index in [1.54, 1.807) is 0 Å². The van der Waals surface area contributed by atoms with Crippen molar-refractivity contribution in [3.8, 4) is 5.75 Å². The second-order valence-electron chi connectivity index (χ2n) is 6.93. The first-order valence-electron chi connectivity index (χ1n) is 9.30. The van der Waals surface area contributed by atoms with Crippen LogP contribution in [0.5, 0.6) is 5.75 Å². The van der Waals surface area contributed by atoms with Gasteiger partial charge < -0.3 is 37.0 Å². The third-order valence-electron chi connectivity index (χ3n) is 4.23. The van der Waals surface area contributed by atoms with Crippen LogP contribution < -0.4 is 21.7 Å². The molecular formula is C19H26N4O8. The quantitative estimate of drug-likeness (QED) is 0.210. The Balaban J connectivity index is 2.62. The van der Waals surface area contributed by atoms with E-state index in [0.29, 0.717) is 5.56 Å². The highest BCUT2D eigenvalue weighted by Crippen LogP contribution is 2.11. The minimum absolute atomic E-state index is 0.0149. The van der Waals surface area contributed by atoms with Crippen molar-refractivity contribution in [2.75, 3.05) is 0 Å². The van der Waals surface area contributed by atoms with Gasteiger partial charge in [-0.15, -0.1) is 0 Å². The Labute approximate surface area is 177 Å². The van der Waals surface area contributed by atoms with E-state index in [9.17, 15) is 34.2 Å². The summed E-state index contributed by atoms with van der Waals surface area (Å²) in [4.78, 5) is 58.3. The average Bonchev–Trinajstić information content (AvgIpc) is 2.67. The van der Waals surface area contributed by atoms with Gasteiger partial charge in [-0.05, 0) is 31.5 Å². The van der Waals surface area contributed by atoms with Gasteiger partial charge in [0, 0.05) is 6.42 Å². The molecule has 0 heterocycles. The number of carbonyl (C=O) groups excluding carboxylic acids is 3. The van der Waals surface area contributed by atoms with Gasteiger partial charge in [0.05, 0.1) is 12.5 Å². The first-order valence-corrected chi connectivity index (χ1v) is 9.30. The highest BCUT2D eigenvalue weighted by Gasteiger charge is 2.27. The maximum absolute atomic E-state index is 12.3. The molecule has 1 rings (SSSR count). The number of aromatic hydroxyl groups is 1. The van der Waals surface area contributed by atoms with E-state index >= 15 is 0 Å². The van der Waals surface area contributed by atoms with Gasteiger partial charge in [0.2, 0.25) is 17.7 Å². The topological polar surface area (TPSA) is 208 Å². The summed E-state index contributed by atoms with van der Waals surface area (Å²) in [7, 11) is 0. The fourth-order valence-corrected chi connectivity index (χ4v) is 2.44. The zero-order valence-electron chi connectivity index (χ0n) is 17.0. The second-order valence-corrected chi connectivity index (χ2v) is 6.93. The molecule has 0 aliphatic heterocycles. The average molecular weight is 438 g/mol. The smallest absolute Gasteiger partial charge is 0.326 e. The van der Waals surface area contributed by atoms with Gasteiger partial charge in [0.25, 0.3) is 0 Å². The number of phenols is 1. The lowest BCUT2D eigenvalue weighted by atomic mass is 10.1. The van der Waals surface area contributed by atoms with E-state index in [4.69, 9.17) is 10.8 Å². The number of carboxylic acids is 2. The zero-order chi connectivity index (χ0) is 23.7. The highest BCUT2D eigenvalue weighted by molar-refractivity contribution is 5.94. The molecule has 8 N–H and O–H groups in total. The lowest BCUT2D eigenvalue weighted by Gasteiger charge is -2.21. The van der Waals surface area contributed by atoms with E-state index in [-0.39, 0.29) is 12.2 Å². The third kappa shape index (κ3) is 8.70. The van der Waals surface area contributed by atoms with E-state index in [2.05, 4.69) is 16.0 Å². The zero-order valence-corrected chi connectivity index (χ0v) is 17.0. The summed E-state index contributed by atoms with van der Waals surface area (Å²) in [6.45, 7) is 2.65. The van der Waals surface area contributed by atoms with Crippen molar-refractivity contribution in [2.45, 2.75) is 50.9 Å². The summed E-state index contributed by atoms with van der Waals surface area (Å²) in [6, 6.07) is 0.946. The van der Waals surface area contributed by atoms with Crippen molar-refractivity contribution in [3.05, 3.63) is 29.8 Å². The van der Waals surface area contributed by atoms with Gasteiger partial charge in [-0.3, -0.25) is 19.2 Å². The molecule has 0 radical (unpaired) electrons. The standard InChI is InChI=1S/C19H26N4O8/c1-9(22-18(29)13(20)8-15(25)26)16(27)21-10(2)17(28)23-14(19(30)31)7-11-3-5-12(24)6-4-11/h3-6,9-10,13-14,24H,7-8,20H2,1-2H3,(H,21,27)(H,22,29)(H,23,28)(H,25,26)(H,30,31). The van der Waals surface area contributed by atoms with Crippen molar-refractivity contribution in [2.24, 2.45) is 5.73 Å². The predicted molar refractivity (Wildman–Crippen MR) is 107 cm³/mol. The number of rotatable bonds is 11. The number of amides is 3. The third-order valence-corrected chi connectivity index (χ3v) is 4.23. The lowest BCUT2D eigenvalue weighted by Crippen LogP contribution is -2.55. The molecule has 4 atom stereocenters. The van der Waals surface area contributed by atoms with Crippen LogP contribution in [0.4, 0.5) is 0 Å². The van der Waals surface area contributed by atoms with Crippen molar-refractivity contribution in [3.63, 3.8) is 0 Å². The molecule has 31 heavy (non-hydrogen) atoms. The first-order chi connectivity index (χ1) is 14.4. The Morgan fingerprint density at radius 1 is 0.871 bits per heavy atom. The fourth-order valence-electron chi connectivity index (χ4n) is 2.44. The maximum atomic E-state index is 12.3.